The summed E-state index contributed by atoms with van der Waals surface area (Å²) in [6.45, 7) is 0. The second-order valence-electron chi connectivity index (χ2n) is 14.7. The van der Waals surface area contributed by atoms with E-state index in [-0.39, 0.29) is 0 Å². The Balaban J connectivity index is 1.20. The predicted molar refractivity (Wildman–Crippen MR) is 242 cm³/mol. The lowest BCUT2D eigenvalue weighted by atomic mass is 9.92. The Kier molecular flexibility index (Phi) is 8.15. The highest BCUT2D eigenvalue weighted by Crippen LogP contribution is 2.46. The predicted octanol–water partition coefficient (Wildman–Crippen LogP) is 13.1. The fourth-order valence-corrected chi connectivity index (χ4v) is 8.86. The lowest BCUT2D eigenvalue weighted by Gasteiger charge is -2.14. The van der Waals surface area contributed by atoms with Crippen LogP contribution >= 0.6 is 0 Å². The molecule has 60 heavy (non-hydrogen) atoms. The van der Waals surface area contributed by atoms with E-state index >= 15 is 0 Å². The second kappa shape index (κ2) is 14.1. The van der Waals surface area contributed by atoms with E-state index < -0.39 is 0 Å². The molecule has 0 fully saturated rings. The van der Waals surface area contributed by atoms with Crippen LogP contribution in [0.15, 0.2) is 194 Å². The normalized spacial score (nSPS) is 11.3. The smallest absolute Gasteiger partial charge is 0.160 e. The summed E-state index contributed by atoms with van der Waals surface area (Å²) >= 11 is 0. The van der Waals surface area contributed by atoms with Gasteiger partial charge in [-0.05, 0) is 60.2 Å². The van der Waals surface area contributed by atoms with Gasteiger partial charge in [-0.15, -0.1) is 0 Å². The standard InChI is InChI=1S/C54H32N6/c55-33-38-32-37(53-44(34-56)52(35-16-5-1-6-17-35)57-54(58-53)36-18-7-2-8-19-36)28-29-41(38)42-25-15-27-46-49(42)51-48(60(46)40-22-11-4-12-23-40)31-30-47-50(51)43-24-13-14-26-45(43)59(47)39-20-9-3-10-21-39/h1-32H. The zero-order chi connectivity index (χ0) is 40.2. The van der Waals surface area contributed by atoms with Crippen LogP contribution in [0.3, 0.4) is 0 Å². The molecular formula is C54H32N6. The first-order valence-electron chi connectivity index (χ1n) is 19.8. The molecule has 0 saturated heterocycles. The van der Waals surface area contributed by atoms with Gasteiger partial charge in [0, 0.05) is 55.2 Å². The highest BCUT2D eigenvalue weighted by Gasteiger charge is 2.24. The Labute approximate surface area is 345 Å². The molecule has 3 heterocycles. The summed E-state index contributed by atoms with van der Waals surface area (Å²) < 4.78 is 4.68. The van der Waals surface area contributed by atoms with Gasteiger partial charge in [0.1, 0.15) is 11.6 Å². The first-order chi connectivity index (χ1) is 29.7. The molecule has 6 heteroatoms. The average Bonchev–Trinajstić information content (AvgIpc) is 3.85. The second-order valence-corrected chi connectivity index (χ2v) is 14.7. The Morgan fingerprint density at radius 2 is 0.917 bits per heavy atom. The van der Waals surface area contributed by atoms with Crippen LogP contribution in [0.25, 0.3) is 100 Å². The van der Waals surface area contributed by atoms with Crippen LogP contribution in [0.4, 0.5) is 0 Å². The third-order valence-electron chi connectivity index (χ3n) is 11.4. The summed E-state index contributed by atoms with van der Waals surface area (Å²) in [6.07, 6.45) is 0. The Bertz CT molecular complexity index is 3540. The van der Waals surface area contributed by atoms with Gasteiger partial charge in [-0.3, -0.25) is 0 Å². The molecule has 0 bridgehead atoms. The minimum Gasteiger partial charge on any atom is -0.309 e. The highest BCUT2D eigenvalue weighted by atomic mass is 15.0. The van der Waals surface area contributed by atoms with Crippen molar-refractivity contribution < 1.29 is 0 Å². The number of nitrogens with zero attached hydrogens (tertiary/aromatic N) is 6. The summed E-state index contributed by atoms with van der Waals surface area (Å²) in [5.74, 6) is 0.503. The molecule has 0 amide bonds. The number of aromatic nitrogens is 4. The lowest BCUT2D eigenvalue weighted by molar-refractivity contribution is 1.17. The number of hydrogen-bond donors (Lipinski definition) is 0. The quantitative estimate of drug-likeness (QED) is 0.169. The molecule has 11 rings (SSSR count). The van der Waals surface area contributed by atoms with Crippen molar-refractivity contribution in [3.63, 3.8) is 0 Å². The van der Waals surface area contributed by atoms with Crippen LogP contribution in [0, 0.1) is 22.7 Å². The SMILES string of the molecule is N#Cc1cc(-c2nc(-c3ccccc3)nc(-c3ccccc3)c2C#N)ccc1-c1cccc2c1c1c3c4ccccc4n(-c4ccccc4)c3ccc1n2-c1ccccc1. The van der Waals surface area contributed by atoms with Gasteiger partial charge in [0.05, 0.1) is 45.1 Å². The zero-order valence-electron chi connectivity index (χ0n) is 32.2. The van der Waals surface area contributed by atoms with Gasteiger partial charge in [-0.25, -0.2) is 9.97 Å². The molecule has 8 aromatic carbocycles. The fourth-order valence-electron chi connectivity index (χ4n) is 8.86. The first-order valence-corrected chi connectivity index (χ1v) is 19.8. The van der Waals surface area contributed by atoms with Crippen molar-refractivity contribution in [2.24, 2.45) is 0 Å². The van der Waals surface area contributed by atoms with Crippen LogP contribution < -0.4 is 0 Å². The van der Waals surface area contributed by atoms with Crippen LogP contribution in [0.5, 0.6) is 0 Å². The van der Waals surface area contributed by atoms with Crippen molar-refractivity contribution >= 4 is 43.6 Å². The zero-order valence-corrected chi connectivity index (χ0v) is 32.2. The van der Waals surface area contributed by atoms with E-state index in [1.807, 2.05) is 91.0 Å². The number of rotatable bonds is 6. The summed E-state index contributed by atoms with van der Waals surface area (Å²) in [6, 6.07) is 70.7. The van der Waals surface area contributed by atoms with Gasteiger partial charge in [-0.2, -0.15) is 10.5 Å². The van der Waals surface area contributed by atoms with Gasteiger partial charge in [0.2, 0.25) is 0 Å². The molecular weight excluding hydrogens is 733 g/mol. The van der Waals surface area contributed by atoms with E-state index in [2.05, 4.69) is 124 Å². The molecule has 0 N–H and O–H groups in total. The molecule has 0 radical (unpaired) electrons. The van der Waals surface area contributed by atoms with E-state index in [4.69, 9.17) is 9.97 Å². The summed E-state index contributed by atoms with van der Waals surface area (Å²) in [5.41, 5.74) is 12.4. The maximum Gasteiger partial charge on any atom is 0.160 e. The molecule has 0 aliphatic heterocycles. The van der Waals surface area contributed by atoms with Crippen molar-refractivity contribution in [1.29, 1.82) is 10.5 Å². The van der Waals surface area contributed by atoms with E-state index in [0.717, 1.165) is 77.2 Å². The third kappa shape index (κ3) is 5.40. The molecule has 6 nitrogen and oxygen atoms in total. The van der Waals surface area contributed by atoms with Gasteiger partial charge >= 0.3 is 0 Å². The molecule has 278 valence electrons. The van der Waals surface area contributed by atoms with E-state index in [1.165, 1.54) is 0 Å². The van der Waals surface area contributed by atoms with Crippen molar-refractivity contribution in [1.82, 2.24) is 19.1 Å². The van der Waals surface area contributed by atoms with Gasteiger partial charge in [-0.1, -0.05) is 140 Å². The molecule has 0 unspecified atom stereocenters. The number of benzene rings is 8. The molecule has 3 aromatic heterocycles. The Hall–Kier alpha value is -8.58. The summed E-state index contributed by atoms with van der Waals surface area (Å²) in [5, 5.41) is 26.2. The lowest BCUT2D eigenvalue weighted by Crippen LogP contribution is -2.01. The van der Waals surface area contributed by atoms with Crippen molar-refractivity contribution in [3.05, 3.63) is 205 Å². The van der Waals surface area contributed by atoms with Crippen LogP contribution in [-0.2, 0) is 0 Å². The molecule has 0 aliphatic rings. The monoisotopic (exact) mass is 764 g/mol. The van der Waals surface area contributed by atoms with Crippen molar-refractivity contribution in [2.75, 3.05) is 0 Å². The minimum atomic E-state index is 0.350. The van der Waals surface area contributed by atoms with Gasteiger partial charge < -0.3 is 9.13 Å². The highest BCUT2D eigenvalue weighted by molar-refractivity contribution is 6.31. The third-order valence-corrected chi connectivity index (χ3v) is 11.4. The average molecular weight is 765 g/mol. The van der Waals surface area contributed by atoms with Gasteiger partial charge in [0.25, 0.3) is 0 Å². The maximum absolute atomic E-state index is 11.0. The van der Waals surface area contributed by atoms with E-state index in [0.29, 0.717) is 33.9 Å². The van der Waals surface area contributed by atoms with Crippen molar-refractivity contribution in [3.8, 4) is 68.5 Å². The number of nitriles is 2. The topological polar surface area (TPSA) is 83.2 Å². The first kappa shape index (κ1) is 34.7. The summed E-state index contributed by atoms with van der Waals surface area (Å²) in [4.78, 5) is 9.95. The molecule has 0 spiro atoms. The molecule has 11 aromatic rings. The fraction of sp³-hybridized carbons (Fsp3) is 0. The molecule has 0 aliphatic carbocycles. The van der Waals surface area contributed by atoms with Gasteiger partial charge in [0.15, 0.2) is 5.82 Å². The Morgan fingerprint density at radius 3 is 1.57 bits per heavy atom. The van der Waals surface area contributed by atoms with Crippen LogP contribution in [-0.4, -0.2) is 19.1 Å². The van der Waals surface area contributed by atoms with Crippen molar-refractivity contribution in [2.45, 2.75) is 0 Å². The maximum atomic E-state index is 11.0. The molecule has 0 atom stereocenters. The van der Waals surface area contributed by atoms with E-state index in [1.54, 1.807) is 0 Å². The number of para-hydroxylation sites is 3. The largest absolute Gasteiger partial charge is 0.309 e. The number of hydrogen-bond acceptors (Lipinski definition) is 4. The van der Waals surface area contributed by atoms with Crippen LogP contribution in [0.2, 0.25) is 0 Å². The summed E-state index contributed by atoms with van der Waals surface area (Å²) in [7, 11) is 0. The van der Waals surface area contributed by atoms with Crippen LogP contribution in [0.1, 0.15) is 11.1 Å². The molecule has 0 saturated carbocycles. The minimum absolute atomic E-state index is 0.350. The van der Waals surface area contributed by atoms with E-state index in [9.17, 15) is 10.5 Å². The Morgan fingerprint density at radius 1 is 0.383 bits per heavy atom. The number of fused-ring (bicyclic) bond motifs is 7.